The molecule has 0 saturated carbocycles. The van der Waals surface area contributed by atoms with Crippen LogP contribution in [0.15, 0.2) is 22.8 Å². The number of nitrogens with zero attached hydrogens (tertiary/aromatic N) is 1. The molecule has 1 rings (SSSR count). The Hall–Kier alpha value is -1.80. The molecule has 0 aliphatic heterocycles. The summed E-state index contributed by atoms with van der Waals surface area (Å²) in [6, 6.07) is 5.45. The van der Waals surface area contributed by atoms with Crippen molar-refractivity contribution < 1.29 is 9.21 Å². The number of rotatable bonds is 5. The van der Waals surface area contributed by atoms with Gasteiger partial charge in [-0.05, 0) is 19.1 Å². The van der Waals surface area contributed by atoms with Crippen molar-refractivity contribution in [1.29, 1.82) is 5.26 Å². The zero-order valence-electron chi connectivity index (χ0n) is 8.49. The number of amides is 1. The third-order valence-corrected chi connectivity index (χ3v) is 1.90. The average molecular weight is 207 g/mol. The summed E-state index contributed by atoms with van der Waals surface area (Å²) in [4.78, 5) is 11.1. The first kappa shape index (κ1) is 11.3. The largest absolute Gasteiger partial charge is 0.468 e. The molecular weight excluding hydrogens is 194 g/mol. The van der Waals surface area contributed by atoms with Gasteiger partial charge in [-0.3, -0.25) is 10.1 Å². The summed E-state index contributed by atoms with van der Waals surface area (Å²) in [5, 5.41) is 13.7. The highest BCUT2D eigenvalue weighted by molar-refractivity contribution is 5.78. The molecule has 1 amide bonds. The number of hydrogen-bond acceptors (Lipinski definition) is 4. The van der Waals surface area contributed by atoms with Crippen LogP contribution in [-0.2, 0) is 4.79 Å². The summed E-state index contributed by atoms with van der Waals surface area (Å²) in [6.45, 7) is 2.11. The minimum atomic E-state index is -0.199. The van der Waals surface area contributed by atoms with Gasteiger partial charge in [-0.25, -0.2) is 0 Å². The molecular formula is C10H13N3O2. The molecule has 0 saturated heterocycles. The van der Waals surface area contributed by atoms with Crippen LogP contribution in [0.5, 0.6) is 0 Å². The summed E-state index contributed by atoms with van der Waals surface area (Å²) in [7, 11) is 0. The molecule has 1 atom stereocenters. The van der Waals surface area contributed by atoms with Crippen molar-refractivity contribution in [3.8, 4) is 6.07 Å². The van der Waals surface area contributed by atoms with Gasteiger partial charge in [0.05, 0.1) is 24.9 Å². The first-order valence-electron chi connectivity index (χ1n) is 4.64. The second-order valence-corrected chi connectivity index (χ2v) is 3.05. The molecule has 0 aliphatic carbocycles. The Bertz CT molecular complexity index is 340. The summed E-state index contributed by atoms with van der Waals surface area (Å²) in [6.07, 6.45) is 1.59. The van der Waals surface area contributed by atoms with Crippen LogP contribution < -0.4 is 10.6 Å². The maximum absolute atomic E-state index is 11.1. The van der Waals surface area contributed by atoms with E-state index in [1.807, 2.05) is 19.1 Å². The van der Waals surface area contributed by atoms with Crippen molar-refractivity contribution in [3.63, 3.8) is 0 Å². The number of nitrogens with one attached hydrogen (secondary N) is 2. The van der Waals surface area contributed by atoms with Crippen LogP contribution in [0.1, 0.15) is 18.7 Å². The SMILES string of the molecule is C[C@@H](NCC(=O)NCC#N)c1ccco1. The van der Waals surface area contributed by atoms with Crippen molar-refractivity contribution in [2.75, 3.05) is 13.1 Å². The highest BCUT2D eigenvalue weighted by Gasteiger charge is 2.08. The molecule has 1 aromatic rings. The molecule has 0 bridgehead atoms. The van der Waals surface area contributed by atoms with Gasteiger partial charge in [-0.1, -0.05) is 0 Å². The Kier molecular flexibility index (Phi) is 4.38. The predicted molar refractivity (Wildman–Crippen MR) is 53.7 cm³/mol. The van der Waals surface area contributed by atoms with Crippen molar-refractivity contribution in [2.24, 2.45) is 0 Å². The summed E-state index contributed by atoms with van der Waals surface area (Å²) < 4.78 is 5.16. The maximum Gasteiger partial charge on any atom is 0.234 e. The summed E-state index contributed by atoms with van der Waals surface area (Å²) in [5.41, 5.74) is 0. The zero-order chi connectivity index (χ0) is 11.1. The molecule has 5 heteroatoms. The van der Waals surface area contributed by atoms with E-state index in [1.165, 1.54) is 0 Å². The number of hydrogen-bond donors (Lipinski definition) is 2. The van der Waals surface area contributed by atoms with E-state index in [4.69, 9.17) is 9.68 Å². The second kappa shape index (κ2) is 5.83. The Morgan fingerprint density at radius 3 is 3.13 bits per heavy atom. The third-order valence-electron chi connectivity index (χ3n) is 1.90. The summed E-state index contributed by atoms with van der Waals surface area (Å²) in [5.74, 6) is 0.582. The summed E-state index contributed by atoms with van der Waals surface area (Å²) >= 11 is 0. The molecule has 0 fully saturated rings. The predicted octanol–water partition coefficient (Wildman–Crippen LogP) is 0.570. The molecule has 1 aromatic heterocycles. The highest BCUT2D eigenvalue weighted by Crippen LogP contribution is 2.11. The second-order valence-electron chi connectivity index (χ2n) is 3.05. The fourth-order valence-electron chi connectivity index (χ4n) is 1.08. The van der Waals surface area contributed by atoms with E-state index in [0.29, 0.717) is 0 Å². The van der Waals surface area contributed by atoms with E-state index in [0.717, 1.165) is 5.76 Å². The lowest BCUT2D eigenvalue weighted by molar-refractivity contribution is -0.120. The molecule has 1 heterocycles. The Labute approximate surface area is 88.1 Å². The normalized spacial score (nSPS) is 11.7. The van der Waals surface area contributed by atoms with Crippen molar-refractivity contribution in [1.82, 2.24) is 10.6 Å². The molecule has 2 N–H and O–H groups in total. The van der Waals surface area contributed by atoms with Crippen LogP contribution in [0.4, 0.5) is 0 Å². The monoisotopic (exact) mass is 207 g/mol. The van der Waals surface area contributed by atoms with Crippen LogP contribution in [0, 0.1) is 11.3 Å². The van der Waals surface area contributed by atoms with E-state index in [9.17, 15) is 4.79 Å². The number of carbonyl (C=O) groups is 1. The van der Waals surface area contributed by atoms with Crippen LogP contribution >= 0.6 is 0 Å². The lowest BCUT2D eigenvalue weighted by Gasteiger charge is -2.10. The number of carbonyl (C=O) groups excluding carboxylic acids is 1. The van der Waals surface area contributed by atoms with Gasteiger partial charge < -0.3 is 9.73 Å². The molecule has 80 valence electrons. The lowest BCUT2D eigenvalue weighted by atomic mass is 10.2. The molecule has 0 aliphatic rings. The lowest BCUT2D eigenvalue weighted by Crippen LogP contribution is -2.35. The van der Waals surface area contributed by atoms with E-state index >= 15 is 0 Å². The van der Waals surface area contributed by atoms with Gasteiger partial charge >= 0.3 is 0 Å². The highest BCUT2D eigenvalue weighted by atomic mass is 16.3. The smallest absolute Gasteiger partial charge is 0.234 e. The van der Waals surface area contributed by atoms with Crippen molar-refractivity contribution in [2.45, 2.75) is 13.0 Å². The first-order valence-corrected chi connectivity index (χ1v) is 4.64. The molecule has 0 radical (unpaired) electrons. The van der Waals surface area contributed by atoms with Gasteiger partial charge in [-0.2, -0.15) is 5.26 Å². The molecule has 0 unspecified atom stereocenters. The number of nitriles is 1. The first-order chi connectivity index (χ1) is 7.24. The Balaban J connectivity index is 2.26. The van der Waals surface area contributed by atoms with E-state index in [1.54, 1.807) is 12.3 Å². The van der Waals surface area contributed by atoms with Gasteiger partial charge in [0.2, 0.25) is 5.91 Å². The molecule has 15 heavy (non-hydrogen) atoms. The molecule has 0 spiro atoms. The third kappa shape index (κ3) is 3.83. The topological polar surface area (TPSA) is 78.1 Å². The minimum Gasteiger partial charge on any atom is -0.468 e. The van der Waals surface area contributed by atoms with Gasteiger partial charge in [0.1, 0.15) is 12.3 Å². The average Bonchev–Trinajstić information content (AvgIpc) is 2.76. The van der Waals surface area contributed by atoms with E-state index in [2.05, 4.69) is 10.6 Å². The minimum absolute atomic E-state index is 0.0205. The van der Waals surface area contributed by atoms with Gasteiger partial charge in [0.15, 0.2) is 0 Å². The van der Waals surface area contributed by atoms with Crippen LogP contribution in [-0.4, -0.2) is 19.0 Å². The molecule has 5 nitrogen and oxygen atoms in total. The Morgan fingerprint density at radius 1 is 1.73 bits per heavy atom. The molecule has 0 aromatic carbocycles. The fraction of sp³-hybridized carbons (Fsp3) is 0.400. The van der Waals surface area contributed by atoms with Crippen molar-refractivity contribution >= 4 is 5.91 Å². The van der Waals surface area contributed by atoms with E-state index in [-0.39, 0.29) is 25.0 Å². The van der Waals surface area contributed by atoms with Crippen LogP contribution in [0.25, 0.3) is 0 Å². The van der Waals surface area contributed by atoms with Crippen LogP contribution in [0.3, 0.4) is 0 Å². The quantitative estimate of drug-likeness (QED) is 0.692. The standard InChI is InChI=1S/C10H13N3O2/c1-8(9-3-2-6-15-9)13-7-10(14)12-5-4-11/h2-3,6,8,13H,5,7H2,1H3,(H,12,14)/t8-/m1/s1. The Morgan fingerprint density at radius 2 is 2.53 bits per heavy atom. The maximum atomic E-state index is 11.1. The fourth-order valence-corrected chi connectivity index (χ4v) is 1.08. The van der Waals surface area contributed by atoms with Gasteiger partial charge in [0, 0.05) is 0 Å². The number of furan rings is 1. The van der Waals surface area contributed by atoms with Gasteiger partial charge in [-0.15, -0.1) is 0 Å². The van der Waals surface area contributed by atoms with Crippen molar-refractivity contribution in [3.05, 3.63) is 24.2 Å². The zero-order valence-corrected chi connectivity index (χ0v) is 8.49. The van der Waals surface area contributed by atoms with Crippen LogP contribution in [0.2, 0.25) is 0 Å². The van der Waals surface area contributed by atoms with Gasteiger partial charge in [0.25, 0.3) is 0 Å². The van der Waals surface area contributed by atoms with E-state index < -0.39 is 0 Å².